The van der Waals surface area contributed by atoms with Crippen LogP contribution in [0.3, 0.4) is 0 Å². The number of carbonyl (C=O) groups excluding carboxylic acids is 1. The van der Waals surface area contributed by atoms with Gasteiger partial charge in [-0.1, -0.05) is 52.0 Å². The molecule has 1 aliphatic heterocycles. The van der Waals surface area contributed by atoms with Crippen LogP contribution < -0.4 is 10.2 Å². The van der Waals surface area contributed by atoms with E-state index in [-0.39, 0.29) is 5.91 Å². The van der Waals surface area contributed by atoms with Crippen LogP contribution in [0.4, 0.5) is 17.1 Å². The summed E-state index contributed by atoms with van der Waals surface area (Å²) in [5, 5.41) is 3.01. The van der Waals surface area contributed by atoms with Crippen LogP contribution >= 0.6 is 27.7 Å². The molecule has 4 rings (SSSR count). The monoisotopic (exact) mass is 438 g/mol. The lowest BCUT2D eigenvalue weighted by atomic mass is 10.2. The van der Waals surface area contributed by atoms with Crippen molar-refractivity contribution in [3.8, 4) is 0 Å². The molecule has 0 saturated carbocycles. The van der Waals surface area contributed by atoms with Gasteiger partial charge in [-0.05, 0) is 55.0 Å². The molecule has 136 valence electrons. The molecule has 1 heterocycles. The van der Waals surface area contributed by atoms with E-state index in [4.69, 9.17) is 0 Å². The molecule has 1 amide bonds. The summed E-state index contributed by atoms with van der Waals surface area (Å²) in [5.74, 6) is 0.0184. The maximum absolute atomic E-state index is 12.5. The lowest BCUT2D eigenvalue weighted by Crippen LogP contribution is -2.25. The van der Waals surface area contributed by atoms with Crippen molar-refractivity contribution in [3.05, 3.63) is 76.8 Å². The summed E-state index contributed by atoms with van der Waals surface area (Å²) in [6.07, 6.45) is 0.419. The first kappa shape index (κ1) is 18.1. The zero-order chi connectivity index (χ0) is 18.8. The summed E-state index contributed by atoms with van der Waals surface area (Å²) in [5.41, 5.74) is 4.25. The molecule has 0 fully saturated rings. The van der Waals surface area contributed by atoms with Gasteiger partial charge in [0.2, 0.25) is 5.91 Å². The highest BCUT2D eigenvalue weighted by Gasteiger charge is 2.23. The minimum Gasteiger partial charge on any atom is -0.339 e. The Bertz CT molecular complexity index is 960. The predicted octanol–water partition coefficient (Wildman–Crippen LogP) is 6.39. The first-order valence-corrected chi connectivity index (χ1v) is 10.4. The number of anilines is 3. The maximum atomic E-state index is 12.5. The van der Waals surface area contributed by atoms with Gasteiger partial charge in [0.25, 0.3) is 0 Å². The number of halogens is 1. The number of rotatable bonds is 4. The summed E-state index contributed by atoms with van der Waals surface area (Å²) in [7, 11) is 0. The van der Waals surface area contributed by atoms with Crippen molar-refractivity contribution in [1.29, 1.82) is 0 Å². The van der Waals surface area contributed by atoms with Crippen molar-refractivity contribution in [2.45, 2.75) is 23.1 Å². The van der Waals surface area contributed by atoms with E-state index in [0.29, 0.717) is 13.0 Å². The van der Waals surface area contributed by atoms with E-state index in [2.05, 4.69) is 62.5 Å². The highest BCUT2D eigenvalue weighted by Crippen LogP contribution is 2.47. The third kappa shape index (κ3) is 3.89. The molecule has 0 radical (unpaired) electrons. The molecule has 5 heteroatoms. The van der Waals surface area contributed by atoms with Gasteiger partial charge in [-0.15, -0.1) is 0 Å². The number of amides is 1. The Labute approximate surface area is 171 Å². The number of benzene rings is 3. The van der Waals surface area contributed by atoms with E-state index in [1.54, 1.807) is 11.8 Å². The van der Waals surface area contributed by atoms with Crippen molar-refractivity contribution < 1.29 is 4.79 Å². The molecular formula is C22H19BrN2OS. The number of hydrogen-bond donors (Lipinski definition) is 1. The Morgan fingerprint density at radius 3 is 2.26 bits per heavy atom. The van der Waals surface area contributed by atoms with Gasteiger partial charge < -0.3 is 10.2 Å². The Kier molecular flexibility index (Phi) is 5.23. The van der Waals surface area contributed by atoms with Gasteiger partial charge in [0.1, 0.15) is 0 Å². The first-order valence-electron chi connectivity index (χ1n) is 8.81. The van der Waals surface area contributed by atoms with Crippen LogP contribution in [-0.2, 0) is 4.79 Å². The molecule has 1 N–H and O–H groups in total. The zero-order valence-electron chi connectivity index (χ0n) is 14.9. The van der Waals surface area contributed by atoms with Gasteiger partial charge in [-0.2, -0.15) is 0 Å². The average Bonchev–Trinajstić information content (AvgIpc) is 2.68. The van der Waals surface area contributed by atoms with Crippen LogP contribution in [0.2, 0.25) is 0 Å². The molecule has 0 aliphatic carbocycles. The molecule has 0 aromatic heterocycles. The Balaban J connectivity index is 1.51. The van der Waals surface area contributed by atoms with E-state index in [1.165, 1.54) is 9.79 Å². The second-order valence-corrected chi connectivity index (χ2v) is 8.39. The summed E-state index contributed by atoms with van der Waals surface area (Å²) < 4.78 is 1.04. The van der Waals surface area contributed by atoms with Crippen LogP contribution in [0, 0.1) is 6.92 Å². The average molecular weight is 439 g/mol. The van der Waals surface area contributed by atoms with Crippen molar-refractivity contribution in [3.63, 3.8) is 0 Å². The van der Waals surface area contributed by atoms with Crippen LogP contribution in [0.25, 0.3) is 0 Å². The van der Waals surface area contributed by atoms with E-state index in [1.807, 2.05) is 37.3 Å². The Morgan fingerprint density at radius 2 is 1.63 bits per heavy atom. The van der Waals surface area contributed by atoms with Gasteiger partial charge in [0.05, 0.1) is 11.4 Å². The molecule has 1 aliphatic rings. The third-order valence-electron chi connectivity index (χ3n) is 4.54. The van der Waals surface area contributed by atoms with Gasteiger partial charge in [0.15, 0.2) is 0 Å². The smallest absolute Gasteiger partial charge is 0.226 e. The number of aryl methyl sites for hydroxylation is 1. The number of para-hydroxylation sites is 2. The highest BCUT2D eigenvalue weighted by molar-refractivity contribution is 9.10. The normalized spacial score (nSPS) is 12.3. The van der Waals surface area contributed by atoms with E-state index >= 15 is 0 Å². The summed E-state index contributed by atoms with van der Waals surface area (Å²) >= 11 is 5.27. The van der Waals surface area contributed by atoms with E-state index in [0.717, 1.165) is 27.1 Å². The fourth-order valence-electron chi connectivity index (χ4n) is 3.18. The molecule has 0 bridgehead atoms. The number of fused-ring (bicyclic) bond motifs is 2. The first-order chi connectivity index (χ1) is 13.1. The van der Waals surface area contributed by atoms with Crippen molar-refractivity contribution in [1.82, 2.24) is 0 Å². The van der Waals surface area contributed by atoms with Crippen molar-refractivity contribution >= 4 is 50.7 Å². The Hall–Kier alpha value is -2.24. The number of carbonyl (C=O) groups is 1. The standard InChI is InChI=1S/C22H19BrN2OS/c1-15-14-16(10-11-17(15)23)24-22(26)12-13-25-18-6-2-4-8-20(18)27-21-9-5-3-7-19(21)25/h2-11,14H,12-13H2,1H3,(H,24,26). The minimum absolute atomic E-state index is 0.0184. The van der Waals surface area contributed by atoms with Crippen LogP contribution in [0.1, 0.15) is 12.0 Å². The van der Waals surface area contributed by atoms with Gasteiger partial charge in [0, 0.05) is 32.9 Å². The highest BCUT2D eigenvalue weighted by atomic mass is 79.9. The van der Waals surface area contributed by atoms with Crippen molar-refractivity contribution in [2.75, 3.05) is 16.8 Å². The van der Waals surface area contributed by atoms with Gasteiger partial charge in [-0.25, -0.2) is 0 Å². The van der Waals surface area contributed by atoms with Crippen LogP contribution in [-0.4, -0.2) is 12.5 Å². The largest absolute Gasteiger partial charge is 0.339 e. The lowest BCUT2D eigenvalue weighted by molar-refractivity contribution is -0.116. The molecule has 0 saturated heterocycles. The third-order valence-corrected chi connectivity index (χ3v) is 6.56. The van der Waals surface area contributed by atoms with E-state index in [9.17, 15) is 4.79 Å². The lowest BCUT2D eigenvalue weighted by Gasteiger charge is -2.32. The molecule has 3 nitrogen and oxygen atoms in total. The molecule has 3 aromatic carbocycles. The van der Waals surface area contributed by atoms with Gasteiger partial charge in [-0.3, -0.25) is 4.79 Å². The SMILES string of the molecule is Cc1cc(NC(=O)CCN2c3ccccc3Sc3ccccc32)ccc1Br. The topological polar surface area (TPSA) is 32.3 Å². The fourth-order valence-corrected chi connectivity index (χ4v) is 4.52. The molecule has 0 unspecified atom stereocenters. The molecule has 0 spiro atoms. The van der Waals surface area contributed by atoms with Crippen LogP contribution in [0.5, 0.6) is 0 Å². The number of hydrogen-bond acceptors (Lipinski definition) is 3. The predicted molar refractivity (Wildman–Crippen MR) is 116 cm³/mol. The second kappa shape index (κ2) is 7.79. The van der Waals surface area contributed by atoms with E-state index < -0.39 is 0 Å². The molecule has 27 heavy (non-hydrogen) atoms. The zero-order valence-corrected chi connectivity index (χ0v) is 17.3. The summed E-state index contributed by atoms with van der Waals surface area (Å²) in [6.45, 7) is 2.65. The van der Waals surface area contributed by atoms with Crippen LogP contribution in [0.15, 0.2) is 81.0 Å². The molecule has 3 aromatic rings. The summed E-state index contributed by atoms with van der Waals surface area (Å²) in [6, 6.07) is 22.6. The molecule has 0 atom stereocenters. The number of nitrogens with zero attached hydrogens (tertiary/aromatic N) is 1. The minimum atomic E-state index is 0.0184. The molecular weight excluding hydrogens is 420 g/mol. The second-order valence-electron chi connectivity index (χ2n) is 6.45. The quantitative estimate of drug-likeness (QED) is 0.511. The summed E-state index contributed by atoms with van der Waals surface area (Å²) in [4.78, 5) is 17.2. The fraction of sp³-hybridized carbons (Fsp3) is 0.136. The maximum Gasteiger partial charge on any atom is 0.226 e. The number of nitrogens with one attached hydrogen (secondary N) is 1. The van der Waals surface area contributed by atoms with Crippen molar-refractivity contribution in [2.24, 2.45) is 0 Å². The van der Waals surface area contributed by atoms with Gasteiger partial charge >= 0.3 is 0 Å². The Morgan fingerprint density at radius 1 is 1.00 bits per heavy atom.